The Balaban J connectivity index is 2.31. The van der Waals surface area contributed by atoms with E-state index in [9.17, 15) is 0 Å². The standard InChI is InChI=1S/C13H8IN3O/c14-12-6-5-11(17-13(12)9-16-18)4-3-10-2-1-7-15-8-10/h1-2,5-9,18H/b16-9+. The minimum Gasteiger partial charge on any atom is -0.411 e. The first-order valence-electron chi connectivity index (χ1n) is 5.05. The van der Waals surface area contributed by atoms with Crippen LogP contribution in [0.1, 0.15) is 17.0 Å². The SMILES string of the molecule is O/N=C/c1nc(C#Cc2cccnc2)ccc1I. The Morgan fingerprint density at radius 1 is 1.28 bits per heavy atom. The summed E-state index contributed by atoms with van der Waals surface area (Å²) < 4.78 is 0.900. The van der Waals surface area contributed by atoms with Gasteiger partial charge >= 0.3 is 0 Å². The van der Waals surface area contributed by atoms with E-state index in [4.69, 9.17) is 5.21 Å². The van der Waals surface area contributed by atoms with E-state index in [0.29, 0.717) is 11.4 Å². The maximum atomic E-state index is 8.52. The van der Waals surface area contributed by atoms with Crippen molar-refractivity contribution in [2.24, 2.45) is 5.16 Å². The van der Waals surface area contributed by atoms with Gasteiger partial charge in [-0.2, -0.15) is 0 Å². The van der Waals surface area contributed by atoms with Gasteiger partial charge in [0.05, 0.1) is 11.9 Å². The van der Waals surface area contributed by atoms with Crippen LogP contribution in [0, 0.1) is 15.4 Å². The zero-order chi connectivity index (χ0) is 12.8. The number of nitrogens with zero attached hydrogens (tertiary/aromatic N) is 3. The number of aromatic nitrogens is 2. The lowest BCUT2D eigenvalue weighted by molar-refractivity contribution is 0.321. The fourth-order valence-electron chi connectivity index (χ4n) is 1.25. The molecular weight excluding hydrogens is 341 g/mol. The predicted octanol–water partition coefficient (Wildman–Crippen LogP) is 2.29. The molecule has 4 nitrogen and oxygen atoms in total. The number of hydrogen-bond acceptors (Lipinski definition) is 4. The quantitative estimate of drug-likeness (QED) is 0.283. The van der Waals surface area contributed by atoms with E-state index in [0.717, 1.165) is 9.13 Å². The van der Waals surface area contributed by atoms with Crippen molar-refractivity contribution in [1.82, 2.24) is 9.97 Å². The van der Waals surface area contributed by atoms with Crippen LogP contribution in [0.25, 0.3) is 0 Å². The van der Waals surface area contributed by atoms with Crippen LogP contribution in [0.3, 0.4) is 0 Å². The number of halogens is 1. The van der Waals surface area contributed by atoms with Crippen molar-refractivity contribution < 1.29 is 5.21 Å². The molecule has 0 aliphatic carbocycles. The average Bonchev–Trinajstić information content (AvgIpc) is 2.41. The highest BCUT2D eigenvalue weighted by Crippen LogP contribution is 2.08. The van der Waals surface area contributed by atoms with Crippen molar-refractivity contribution in [3.63, 3.8) is 0 Å². The topological polar surface area (TPSA) is 58.4 Å². The third kappa shape index (κ3) is 3.28. The summed E-state index contributed by atoms with van der Waals surface area (Å²) in [6, 6.07) is 7.40. The second kappa shape index (κ2) is 6.12. The van der Waals surface area contributed by atoms with Crippen LogP contribution in [0.2, 0.25) is 0 Å². The molecule has 0 aromatic carbocycles. The fourth-order valence-corrected chi connectivity index (χ4v) is 1.69. The first-order chi connectivity index (χ1) is 8.79. The van der Waals surface area contributed by atoms with Crippen molar-refractivity contribution in [3.8, 4) is 11.8 Å². The van der Waals surface area contributed by atoms with Crippen LogP contribution in [0.15, 0.2) is 41.8 Å². The van der Waals surface area contributed by atoms with Gasteiger partial charge in [0.2, 0.25) is 0 Å². The minimum absolute atomic E-state index is 0.594. The van der Waals surface area contributed by atoms with Gasteiger partial charge in [-0.25, -0.2) is 4.98 Å². The third-order valence-electron chi connectivity index (χ3n) is 2.05. The third-order valence-corrected chi connectivity index (χ3v) is 2.96. The average molecular weight is 349 g/mol. The minimum atomic E-state index is 0.594. The van der Waals surface area contributed by atoms with E-state index in [2.05, 4.69) is 49.6 Å². The number of pyridine rings is 2. The van der Waals surface area contributed by atoms with Crippen LogP contribution >= 0.6 is 22.6 Å². The molecule has 2 rings (SSSR count). The van der Waals surface area contributed by atoms with Gasteiger partial charge in [0.1, 0.15) is 5.69 Å². The molecule has 2 aromatic heterocycles. The zero-order valence-corrected chi connectivity index (χ0v) is 11.4. The molecule has 0 unspecified atom stereocenters. The lowest BCUT2D eigenvalue weighted by Gasteiger charge is -1.96. The van der Waals surface area contributed by atoms with Crippen molar-refractivity contribution in [3.05, 3.63) is 57.2 Å². The van der Waals surface area contributed by atoms with Crippen molar-refractivity contribution >= 4 is 28.8 Å². The molecule has 2 heterocycles. The maximum Gasteiger partial charge on any atom is 0.114 e. The van der Waals surface area contributed by atoms with E-state index in [1.165, 1.54) is 6.21 Å². The smallest absolute Gasteiger partial charge is 0.114 e. The molecule has 0 radical (unpaired) electrons. The van der Waals surface area contributed by atoms with E-state index in [1.54, 1.807) is 12.4 Å². The molecule has 88 valence electrons. The largest absolute Gasteiger partial charge is 0.411 e. The van der Waals surface area contributed by atoms with E-state index >= 15 is 0 Å². The van der Waals surface area contributed by atoms with Gasteiger partial charge in [-0.1, -0.05) is 11.1 Å². The molecule has 1 N–H and O–H groups in total. The Kier molecular flexibility index (Phi) is 4.25. The van der Waals surface area contributed by atoms with Crippen molar-refractivity contribution in [2.75, 3.05) is 0 Å². The van der Waals surface area contributed by atoms with Crippen LogP contribution in [0.4, 0.5) is 0 Å². The first-order valence-corrected chi connectivity index (χ1v) is 6.13. The van der Waals surface area contributed by atoms with Gasteiger partial charge in [-0.15, -0.1) is 0 Å². The van der Waals surface area contributed by atoms with Gasteiger partial charge in [-0.3, -0.25) is 4.98 Å². The highest BCUT2D eigenvalue weighted by atomic mass is 127. The summed E-state index contributed by atoms with van der Waals surface area (Å²) in [5.41, 5.74) is 2.04. The Morgan fingerprint density at radius 3 is 2.89 bits per heavy atom. The van der Waals surface area contributed by atoms with Crippen LogP contribution in [-0.4, -0.2) is 21.4 Å². The Hall–Kier alpha value is -1.94. The zero-order valence-electron chi connectivity index (χ0n) is 9.21. The molecule has 0 aliphatic rings. The molecule has 0 saturated carbocycles. The number of rotatable bonds is 1. The normalized spacial score (nSPS) is 10.1. The van der Waals surface area contributed by atoms with E-state index < -0.39 is 0 Å². The molecule has 18 heavy (non-hydrogen) atoms. The van der Waals surface area contributed by atoms with Crippen LogP contribution in [0.5, 0.6) is 0 Å². The second-order valence-corrected chi connectivity index (χ2v) is 4.46. The van der Waals surface area contributed by atoms with Crippen molar-refractivity contribution in [1.29, 1.82) is 0 Å². The van der Waals surface area contributed by atoms with Crippen LogP contribution < -0.4 is 0 Å². The lowest BCUT2D eigenvalue weighted by atomic mass is 10.2. The molecule has 0 fully saturated rings. The summed E-state index contributed by atoms with van der Waals surface area (Å²) in [4.78, 5) is 8.25. The second-order valence-electron chi connectivity index (χ2n) is 3.30. The molecule has 0 saturated heterocycles. The highest BCUT2D eigenvalue weighted by Gasteiger charge is 1.99. The van der Waals surface area contributed by atoms with Crippen LogP contribution in [-0.2, 0) is 0 Å². The lowest BCUT2D eigenvalue weighted by Crippen LogP contribution is -1.95. The fraction of sp³-hybridized carbons (Fsp3) is 0. The van der Waals surface area contributed by atoms with E-state index in [1.807, 2.05) is 24.3 Å². The van der Waals surface area contributed by atoms with Gasteiger partial charge < -0.3 is 5.21 Å². The monoisotopic (exact) mass is 349 g/mol. The summed E-state index contributed by atoms with van der Waals surface area (Å²) in [5.74, 6) is 5.90. The highest BCUT2D eigenvalue weighted by molar-refractivity contribution is 14.1. The number of oxime groups is 1. The summed E-state index contributed by atoms with van der Waals surface area (Å²) in [5, 5.41) is 11.5. The summed E-state index contributed by atoms with van der Waals surface area (Å²) in [6.45, 7) is 0. The molecule has 5 heteroatoms. The molecule has 0 amide bonds. The molecule has 0 bridgehead atoms. The van der Waals surface area contributed by atoms with E-state index in [-0.39, 0.29) is 0 Å². The molecule has 0 aliphatic heterocycles. The summed E-state index contributed by atoms with van der Waals surface area (Å²) >= 11 is 2.12. The Labute approximate surface area is 118 Å². The Bertz CT molecular complexity index is 630. The molecule has 0 spiro atoms. The number of hydrogen-bond donors (Lipinski definition) is 1. The Morgan fingerprint density at radius 2 is 2.17 bits per heavy atom. The van der Waals surface area contributed by atoms with Gasteiger partial charge in [-0.05, 0) is 52.8 Å². The molecule has 2 aromatic rings. The summed E-state index contributed by atoms with van der Waals surface area (Å²) in [7, 11) is 0. The summed E-state index contributed by atoms with van der Waals surface area (Å²) in [6.07, 6.45) is 4.68. The van der Waals surface area contributed by atoms with Crippen molar-refractivity contribution in [2.45, 2.75) is 0 Å². The first kappa shape index (κ1) is 12.5. The molecular formula is C13H8IN3O. The molecule has 0 atom stereocenters. The van der Waals surface area contributed by atoms with Gasteiger partial charge in [0.25, 0.3) is 0 Å². The predicted molar refractivity (Wildman–Crippen MR) is 76.6 cm³/mol. The maximum absolute atomic E-state index is 8.52. The van der Waals surface area contributed by atoms with Gasteiger partial charge in [0, 0.05) is 21.5 Å². The van der Waals surface area contributed by atoms with Gasteiger partial charge in [0.15, 0.2) is 0 Å².